The van der Waals surface area contributed by atoms with Crippen molar-refractivity contribution in [3.8, 4) is 0 Å². The average Bonchev–Trinajstić information content (AvgIpc) is 3.28. The Balaban J connectivity index is 1.24. The zero-order valence-corrected chi connectivity index (χ0v) is 18.5. The van der Waals surface area contributed by atoms with E-state index < -0.39 is 0 Å². The highest BCUT2D eigenvalue weighted by atomic mass is 32.1. The molecule has 2 amide bonds. The highest BCUT2D eigenvalue weighted by Crippen LogP contribution is 2.28. The van der Waals surface area contributed by atoms with Gasteiger partial charge in [0, 0.05) is 29.3 Å². The van der Waals surface area contributed by atoms with Crippen LogP contribution in [0.1, 0.15) is 16.0 Å². The summed E-state index contributed by atoms with van der Waals surface area (Å²) in [5, 5.41) is 6.38. The number of carbonyl (C=O) groups excluding carboxylic acids is 2. The summed E-state index contributed by atoms with van der Waals surface area (Å²) in [6, 6.07) is 17.5. The Bertz CT molecular complexity index is 1180. The third kappa shape index (κ3) is 4.09. The largest absolute Gasteiger partial charge is 0.367 e. The zero-order chi connectivity index (χ0) is 22.1. The summed E-state index contributed by atoms with van der Waals surface area (Å²) < 4.78 is 0. The molecule has 5 rings (SSSR count). The van der Waals surface area contributed by atoms with Gasteiger partial charge < -0.3 is 10.2 Å². The molecule has 162 valence electrons. The Morgan fingerprint density at radius 2 is 1.81 bits per heavy atom. The molecule has 0 saturated heterocycles. The summed E-state index contributed by atoms with van der Waals surface area (Å²) in [5.74, 6) is -0.497. The van der Waals surface area contributed by atoms with Gasteiger partial charge in [-0.2, -0.15) is 0 Å². The van der Waals surface area contributed by atoms with E-state index in [0.717, 1.165) is 30.8 Å². The number of hydrogen-bond acceptors (Lipinski definition) is 6. The van der Waals surface area contributed by atoms with Crippen molar-refractivity contribution in [2.24, 2.45) is 4.99 Å². The molecular formula is C24H23N5O2S. The molecule has 0 spiro atoms. The van der Waals surface area contributed by atoms with Gasteiger partial charge in [0.05, 0.1) is 5.69 Å². The maximum Gasteiger partial charge on any atom is 0.292 e. The number of aliphatic imine (C=N–C) groups is 1. The molecule has 2 N–H and O–H groups in total. The molecule has 2 aliphatic rings. The van der Waals surface area contributed by atoms with Crippen molar-refractivity contribution < 1.29 is 9.59 Å². The number of nitrogens with one attached hydrogen (secondary N) is 2. The lowest BCUT2D eigenvalue weighted by atomic mass is 10.1. The molecule has 2 aliphatic heterocycles. The standard InChI is InChI=1S/C24H23N5O2S/c1-16-2-6-20(7-3-16)29-22(30)14-25-23(27-29)24(31)26-18-4-8-19(9-5-18)28-12-10-21-17(15-28)11-13-32-21/h2-9,11,13H,10,12,14-15H2,1H3,(H,25,27)(H,26,31). The van der Waals surface area contributed by atoms with Gasteiger partial charge in [0.25, 0.3) is 11.8 Å². The fraction of sp³-hybridized carbons (Fsp3) is 0.208. The zero-order valence-electron chi connectivity index (χ0n) is 17.7. The summed E-state index contributed by atoms with van der Waals surface area (Å²) in [6.07, 6.45) is 1.06. The number of carbonyl (C=O) groups is 2. The molecule has 0 radical (unpaired) electrons. The van der Waals surface area contributed by atoms with Gasteiger partial charge in [-0.1, -0.05) is 17.7 Å². The number of anilines is 3. The summed E-state index contributed by atoms with van der Waals surface area (Å²) in [7, 11) is 0. The predicted octanol–water partition coefficient (Wildman–Crippen LogP) is 3.51. The molecule has 8 heteroatoms. The quantitative estimate of drug-likeness (QED) is 0.644. The fourth-order valence-corrected chi connectivity index (χ4v) is 4.75. The topological polar surface area (TPSA) is 77.0 Å². The van der Waals surface area contributed by atoms with E-state index in [1.807, 2.05) is 66.8 Å². The van der Waals surface area contributed by atoms with Gasteiger partial charge in [-0.3, -0.25) is 20.0 Å². The molecule has 0 atom stereocenters. The third-order valence-electron chi connectivity index (χ3n) is 5.64. The molecule has 1 aromatic heterocycles. The first-order chi connectivity index (χ1) is 15.6. The molecule has 0 fully saturated rings. The number of nitrogens with zero attached hydrogens (tertiary/aromatic N) is 3. The van der Waals surface area contributed by atoms with Crippen LogP contribution in [0, 0.1) is 6.92 Å². The Hall–Kier alpha value is -3.65. The molecule has 2 aromatic carbocycles. The predicted molar refractivity (Wildman–Crippen MR) is 128 cm³/mol. The van der Waals surface area contributed by atoms with E-state index in [1.54, 1.807) is 0 Å². The van der Waals surface area contributed by atoms with Gasteiger partial charge in [0.2, 0.25) is 5.84 Å². The minimum Gasteiger partial charge on any atom is -0.367 e. The van der Waals surface area contributed by atoms with E-state index in [9.17, 15) is 9.59 Å². The normalized spacial score (nSPS) is 15.7. The van der Waals surface area contributed by atoms with E-state index >= 15 is 0 Å². The van der Waals surface area contributed by atoms with Crippen LogP contribution < -0.4 is 20.7 Å². The van der Waals surface area contributed by atoms with Crippen molar-refractivity contribution >= 4 is 46.0 Å². The molecule has 0 saturated carbocycles. The van der Waals surface area contributed by atoms with E-state index in [4.69, 9.17) is 0 Å². The van der Waals surface area contributed by atoms with Crippen LogP contribution in [0.25, 0.3) is 0 Å². The highest BCUT2D eigenvalue weighted by Gasteiger charge is 2.25. The molecule has 7 nitrogen and oxygen atoms in total. The van der Waals surface area contributed by atoms with E-state index in [2.05, 4.69) is 32.1 Å². The second-order valence-electron chi connectivity index (χ2n) is 7.88. The second kappa shape index (κ2) is 8.47. The lowest BCUT2D eigenvalue weighted by molar-refractivity contribution is -0.118. The summed E-state index contributed by atoms with van der Waals surface area (Å²) in [6.45, 7) is 3.80. The average molecular weight is 446 g/mol. The first kappa shape index (κ1) is 20.3. The molecule has 0 aliphatic carbocycles. The monoisotopic (exact) mass is 445 g/mol. The van der Waals surface area contributed by atoms with Crippen LogP contribution in [0.4, 0.5) is 17.1 Å². The third-order valence-corrected chi connectivity index (χ3v) is 6.67. The molecule has 0 bridgehead atoms. The maximum atomic E-state index is 12.7. The maximum absolute atomic E-state index is 12.7. The van der Waals surface area contributed by atoms with Gasteiger partial charge in [0.1, 0.15) is 6.54 Å². The Morgan fingerprint density at radius 3 is 2.59 bits per heavy atom. The fourth-order valence-electron chi connectivity index (χ4n) is 3.86. The van der Waals surface area contributed by atoms with E-state index in [1.165, 1.54) is 15.4 Å². The molecule has 3 heterocycles. The number of aryl methyl sites for hydroxylation is 1. The minimum atomic E-state index is -0.386. The minimum absolute atomic E-state index is 0.0813. The van der Waals surface area contributed by atoms with Crippen LogP contribution in [0.15, 0.2) is 65.0 Å². The number of thiophene rings is 1. The van der Waals surface area contributed by atoms with Crippen molar-refractivity contribution in [3.63, 3.8) is 0 Å². The number of amides is 2. The lowest BCUT2D eigenvalue weighted by Gasteiger charge is -2.29. The highest BCUT2D eigenvalue weighted by molar-refractivity contribution is 7.10. The SMILES string of the molecule is Cc1ccc(N2NC(C(=O)Nc3ccc(N4CCc5sccc5C4)cc3)=NCC2=O)cc1. The summed E-state index contributed by atoms with van der Waals surface area (Å²) in [4.78, 5) is 32.9. The van der Waals surface area contributed by atoms with Gasteiger partial charge in [-0.05, 0) is 66.8 Å². The van der Waals surface area contributed by atoms with Crippen molar-refractivity contribution in [2.45, 2.75) is 19.9 Å². The van der Waals surface area contributed by atoms with Crippen LogP contribution in [0.3, 0.4) is 0 Å². The van der Waals surface area contributed by atoms with Crippen molar-refractivity contribution in [1.82, 2.24) is 5.43 Å². The second-order valence-corrected chi connectivity index (χ2v) is 8.88. The molecule has 0 unspecified atom stereocenters. The number of benzene rings is 2. The van der Waals surface area contributed by atoms with Gasteiger partial charge in [-0.15, -0.1) is 11.3 Å². The first-order valence-electron chi connectivity index (χ1n) is 10.5. The first-order valence-corrected chi connectivity index (χ1v) is 11.4. The van der Waals surface area contributed by atoms with Gasteiger partial charge >= 0.3 is 0 Å². The van der Waals surface area contributed by atoms with Crippen LogP contribution in [-0.4, -0.2) is 30.7 Å². The van der Waals surface area contributed by atoms with E-state index in [0.29, 0.717) is 11.4 Å². The smallest absolute Gasteiger partial charge is 0.292 e. The van der Waals surface area contributed by atoms with Gasteiger partial charge in [0.15, 0.2) is 0 Å². The van der Waals surface area contributed by atoms with Crippen LogP contribution in [-0.2, 0) is 22.6 Å². The van der Waals surface area contributed by atoms with Crippen molar-refractivity contribution in [1.29, 1.82) is 0 Å². The van der Waals surface area contributed by atoms with Gasteiger partial charge in [-0.25, -0.2) is 5.01 Å². The number of rotatable bonds is 4. The van der Waals surface area contributed by atoms with Crippen LogP contribution in [0.2, 0.25) is 0 Å². The summed E-state index contributed by atoms with van der Waals surface area (Å²) >= 11 is 1.83. The molecular weight excluding hydrogens is 422 g/mol. The summed E-state index contributed by atoms with van der Waals surface area (Å²) in [5.41, 5.74) is 7.80. The lowest BCUT2D eigenvalue weighted by Crippen LogP contribution is -2.54. The Morgan fingerprint density at radius 1 is 1.06 bits per heavy atom. The Labute approximate surface area is 190 Å². The molecule has 3 aromatic rings. The Kier molecular flexibility index (Phi) is 5.36. The van der Waals surface area contributed by atoms with Crippen LogP contribution >= 0.6 is 11.3 Å². The molecule has 32 heavy (non-hydrogen) atoms. The number of hydrazine groups is 1. The number of amidine groups is 1. The van der Waals surface area contributed by atoms with Crippen LogP contribution in [0.5, 0.6) is 0 Å². The number of hydrogen-bond donors (Lipinski definition) is 2. The number of fused-ring (bicyclic) bond motifs is 1. The van der Waals surface area contributed by atoms with Crippen molar-refractivity contribution in [2.75, 3.05) is 28.3 Å². The van der Waals surface area contributed by atoms with E-state index in [-0.39, 0.29) is 24.2 Å². The van der Waals surface area contributed by atoms with Crippen molar-refractivity contribution in [3.05, 3.63) is 76.0 Å².